The predicted octanol–water partition coefficient (Wildman–Crippen LogP) is 4.78. The van der Waals surface area contributed by atoms with E-state index in [1.807, 2.05) is 18.6 Å². The number of rotatable bonds is 4. The molecule has 6 rings (SSSR count). The Labute approximate surface area is 194 Å². The highest BCUT2D eigenvalue weighted by atomic mass is 16.5. The Kier molecular flexibility index (Phi) is 5.26. The molecule has 170 valence electrons. The molecular weight excluding hydrogens is 414 g/mol. The van der Waals surface area contributed by atoms with Crippen molar-refractivity contribution in [3.8, 4) is 16.9 Å². The molecule has 2 saturated heterocycles. The number of ether oxygens (including phenoxy) is 2. The van der Waals surface area contributed by atoms with Gasteiger partial charge in [-0.1, -0.05) is 0 Å². The first-order chi connectivity index (χ1) is 16.2. The molecule has 1 aromatic carbocycles. The zero-order valence-corrected chi connectivity index (χ0v) is 19.0. The molecule has 7 nitrogen and oxygen atoms in total. The third-order valence-electron chi connectivity index (χ3n) is 6.78. The molecule has 33 heavy (non-hydrogen) atoms. The van der Waals surface area contributed by atoms with Gasteiger partial charge in [-0.25, -0.2) is 4.98 Å². The van der Waals surface area contributed by atoms with Crippen LogP contribution in [0.3, 0.4) is 0 Å². The minimum absolute atomic E-state index is 0.0392. The highest BCUT2D eigenvalue weighted by molar-refractivity contribution is 5.79. The van der Waals surface area contributed by atoms with Crippen LogP contribution >= 0.6 is 0 Å². The third-order valence-corrected chi connectivity index (χ3v) is 6.78. The number of nitrogens with zero attached hydrogens (tertiary/aromatic N) is 4. The van der Waals surface area contributed by atoms with E-state index in [2.05, 4.69) is 57.4 Å². The van der Waals surface area contributed by atoms with Crippen molar-refractivity contribution in [3.63, 3.8) is 0 Å². The standard InChI is InChI=1S/C26H29N5O2/c1-18-23-14-26(29-19-12-21(16-27-15-19)31-8-10-32-11-9-31)28-17-24(23)22-5-4-20(13-25(22)33-18)30-6-2-3-7-30/h4-5,12-18H,2-3,6-11H2,1H3,(H,28,29). The average molecular weight is 444 g/mol. The van der Waals surface area contributed by atoms with Crippen LogP contribution in [0.4, 0.5) is 22.9 Å². The summed E-state index contributed by atoms with van der Waals surface area (Å²) in [5, 5.41) is 3.43. The Hall–Kier alpha value is -3.32. The molecule has 0 radical (unpaired) electrons. The number of fused-ring (bicyclic) bond motifs is 3. The van der Waals surface area contributed by atoms with E-state index in [-0.39, 0.29) is 6.10 Å². The number of hydrogen-bond donors (Lipinski definition) is 1. The van der Waals surface area contributed by atoms with Gasteiger partial charge in [-0.2, -0.15) is 0 Å². The number of morpholine rings is 1. The molecule has 2 fully saturated rings. The van der Waals surface area contributed by atoms with Crippen LogP contribution in [-0.4, -0.2) is 49.4 Å². The van der Waals surface area contributed by atoms with Crippen LogP contribution in [-0.2, 0) is 4.74 Å². The minimum Gasteiger partial charge on any atom is -0.485 e. The van der Waals surface area contributed by atoms with Gasteiger partial charge in [0.2, 0.25) is 0 Å². The lowest BCUT2D eigenvalue weighted by Crippen LogP contribution is -2.36. The first-order valence-electron chi connectivity index (χ1n) is 11.9. The van der Waals surface area contributed by atoms with E-state index < -0.39 is 0 Å². The highest BCUT2D eigenvalue weighted by Gasteiger charge is 2.25. The quantitative estimate of drug-likeness (QED) is 0.623. The highest BCUT2D eigenvalue weighted by Crippen LogP contribution is 2.44. The van der Waals surface area contributed by atoms with Crippen LogP contribution in [0, 0.1) is 0 Å². The van der Waals surface area contributed by atoms with E-state index in [9.17, 15) is 0 Å². The molecule has 1 atom stereocenters. The van der Waals surface area contributed by atoms with Crippen molar-refractivity contribution in [1.29, 1.82) is 0 Å². The molecule has 1 unspecified atom stereocenters. The number of pyridine rings is 2. The van der Waals surface area contributed by atoms with Gasteiger partial charge in [0, 0.05) is 60.8 Å². The first kappa shape index (κ1) is 20.3. The molecule has 7 heteroatoms. The molecular formula is C26H29N5O2. The van der Waals surface area contributed by atoms with Crippen LogP contribution < -0.4 is 19.9 Å². The summed E-state index contributed by atoms with van der Waals surface area (Å²) in [6.07, 6.45) is 8.19. The zero-order valence-electron chi connectivity index (χ0n) is 19.0. The van der Waals surface area contributed by atoms with Crippen molar-refractivity contribution in [2.45, 2.75) is 25.9 Å². The van der Waals surface area contributed by atoms with Crippen molar-refractivity contribution in [2.75, 3.05) is 54.5 Å². The Morgan fingerprint density at radius 3 is 2.55 bits per heavy atom. The second kappa shape index (κ2) is 8.56. The number of benzene rings is 1. The largest absolute Gasteiger partial charge is 0.485 e. The van der Waals surface area contributed by atoms with E-state index in [0.29, 0.717) is 0 Å². The summed E-state index contributed by atoms with van der Waals surface area (Å²) in [6, 6.07) is 10.8. The number of aromatic nitrogens is 2. The Morgan fingerprint density at radius 1 is 0.879 bits per heavy atom. The van der Waals surface area contributed by atoms with Crippen LogP contribution in [0.2, 0.25) is 0 Å². The van der Waals surface area contributed by atoms with Crippen LogP contribution in [0.1, 0.15) is 31.4 Å². The van der Waals surface area contributed by atoms with Crippen LogP contribution in [0.25, 0.3) is 11.1 Å². The average Bonchev–Trinajstić information content (AvgIpc) is 3.40. The lowest BCUT2D eigenvalue weighted by Gasteiger charge is -2.29. The maximum absolute atomic E-state index is 6.35. The van der Waals surface area contributed by atoms with Crippen LogP contribution in [0.5, 0.6) is 5.75 Å². The van der Waals surface area contributed by atoms with Gasteiger partial charge in [0.15, 0.2) is 0 Å². The summed E-state index contributed by atoms with van der Waals surface area (Å²) >= 11 is 0. The smallest absolute Gasteiger partial charge is 0.130 e. The molecule has 0 amide bonds. The van der Waals surface area contributed by atoms with Gasteiger partial charge in [-0.15, -0.1) is 0 Å². The summed E-state index contributed by atoms with van der Waals surface area (Å²) in [7, 11) is 0. The van der Waals surface area contributed by atoms with Gasteiger partial charge in [0.05, 0.1) is 37.0 Å². The van der Waals surface area contributed by atoms with Gasteiger partial charge in [0.25, 0.3) is 0 Å². The van der Waals surface area contributed by atoms with Gasteiger partial charge >= 0.3 is 0 Å². The number of hydrogen-bond acceptors (Lipinski definition) is 7. The Balaban J connectivity index is 1.25. The summed E-state index contributed by atoms with van der Waals surface area (Å²) in [4.78, 5) is 13.9. The Morgan fingerprint density at radius 2 is 1.70 bits per heavy atom. The first-order valence-corrected chi connectivity index (χ1v) is 11.9. The summed E-state index contributed by atoms with van der Waals surface area (Å²) in [5.74, 6) is 1.74. The van der Waals surface area contributed by atoms with Gasteiger partial charge in [0.1, 0.15) is 17.7 Å². The number of nitrogens with one attached hydrogen (secondary N) is 1. The predicted molar refractivity (Wildman–Crippen MR) is 131 cm³/mol. The summed E-state index contributed by atoms with van der Waals surface area (Å²) in [6.45, 7) is 7.64. The second-order valence-corrected chi connectivity index (χ2v) is 8.95. The SMILES string of the molecule is CC1Oc2cc(N3CCCC3)ccc2-c2cnc(Nc3cncc(N4CCOCC4)c3)cc21. The van der Waals surface area contributed by atoms with Crippen molar-refractivity contribution in [3.05, 3.63) is 54.5 Å². The lowest BCUT2D eigenvalue weighted by atomic mass is 9.94. The minimum atomic E-state index is -0.0392. The number of anilines is 4. The van der Waals surface area contributed by atoms with Gasteiger partial charge < -0.3 is 24.6 Å². The van der Waals surface area contributed by atoms with Crippen LogP contribution in [0.15, 0.2) is 48.9 Å². The molecule has 0 saturated carbocycles. The topological polar surface area (TPSA) is 62.8 Å². The second-order valence-electron chi connectivity index (χ2n) is 8.95. The van der Waals surface area contributed by atoms with E-state index in [0.717, 1.165) is 79.0 Å². The summed E-state index contributed by atoms with van der Waals surface area (Å²) < 4.78 is 11.8. The monoisotopic (exact) mass is 443 g/mol. The van der Waals surface area contributed by atoms with Gasteiger partial charge in [-0.05, 0) is 44.0 Å². The molecule has 2 aromatic heterocycles. The zero-order chi connectivity index (χ0) is 22.2. The Bertz CT molecular complexity index is 1160. The summed E-state index contributed by atoms with van der Waals surface area (Å²) in [5.41, 5.74) is 6.67. The molecule has 3 aliphatic heterocycles. The van der Waals surface area contributed by atoms with Crippen molar-refractivity contribution < 1.29 is 9.47 Å². The van der Waals surface area contributed by atoms with E-state index in [1.54, 1.807) is 0 Å². The maximum Gasteiger partial charge on any atom is 0.130 e. The normalized spacial score (nSPS) is 19.6. The lowest BCUT2D eigenvalue weighted by molar-refractivity contribution is 0.122. The molecule has 0 aliphatic carbocycles. The fourth-order valence-electron chi connectivity index (χ4n) is 5.00. The van der Waals surface area contributed by atoms with Gasteiger partial charge in [-0.3, -0.25) is 4.98 Å². The molecule has 1 N–H and O–H groups in total. The third kappa shape index (κ3) is 3.97. The molecule has 0 bridgehead atoms. The van der Waals surface area contributed by atoms with Crippen molar-refractivity contribution >= 4 is 22.9 Å². The molecule has 5 heterocycles. The fraction of sp³-hybridized carbons (Fsp3) is 0.385. The van der Waals surface area contributed by atoms with Crippen molar-refractivity contribution in [2.24, 2.45) is 0 Å². The van der Waals surface area contributed by atoms with Crippen molar-refractivity contribution in [1.82, 2.24) is 9.97 Å². The van der Waals surface area contributed by atoms with E-state index >= 15 is 0 Å². The molecule has 0 spiro atoms. The maximum atomic E-state index is 6.35. The van der Waals surface area contributed by atoms with E-state index in [1.165, 1.54) is 18.5 Å². The molecule has 3 aromatic rings. The molecule has 3 aliphatic rings. The fourth-order valence-corrected chi connectivity index (χ4v) is 5.00. The van der Waals surface area contributed by atoms with E-state index in [4.69, 9.17) is 14.5 Å².